The van der Waals surface area contributed by atoms with Crippen LogP contribution in [0.3, 0.4) is 0 Å². The van der Waals surface area contributed by atoms with Gasteiger partial charge >= 0.3 is 5.97 Å². The average molecular weight is 528 g/mol. The highest BCUT2D eigenvalue weighted by atomic mass is 35.5. The van der Waals surface area contributed by atoms with Crippen LogP contribution in [-0.4, -0.2) is 42.4 Å². The predicted molar refractivity (Wildman–Crippen MR) is 130 cm³/mol. The number of rotatable bonds is 11. The monoisotopic (exact) mass is 526 g/mol. The largest absolute Gasteiger partial charge is 0.490 e. The summed E-state index contributed by atoms with van der Waals surface area (Å²) in [5.41, 5.74) is 1.68. The summed E-state index contributed by atoms with van der Waals surface area (Å²) in [5.74, 6) is -0.235. The van der Waals surface area contributed by atoms with Crippen molar-refractivity contribution in [3.8, 4) is 5.75 Å². The fourth-order valence-corrected chi connectivity index (χ4v) is 4.12. The van der Waals surface area contributed by atoms with Crippen LogP contribution < -0.4 is 10.1 Å². The molecule has 182 valence electrons. The number of hydrogen-bond donors (Lipinski definition) is 1. The van der Waals surface area contributed by atoms with Crippen LogP contribution in [0.5, 0.6) is 5.75 Å². The minimum atomic E-state index is -0.348. The summed E-state index contributed by atoms with van der Waals surface area (Å²) in [4.78, 5) is 36.7. The first-order valence-corrected chi connectivity index (χ1v) is 12.0. The molecule has 1 fully saturated rings. The Morgan fingerprint density at radius 3 is 2.41 bits per heavy atom. The van der Waals surface area contributed by atoms with Crippen molar-refractivity contribution in [1.82, 2.24) is 10.2 Å². The van der Waals surface area contributed by atoms with Crippen LogP contribution in [0.4, 0.5) is 0 Å². The summed E-state index contributed by atoms with van der Waals surface area (Å²) in [7, 11) is 0. The lowest BCUT2D eigenvalue weighted by Gasteiger charge is -2.20. The summed E-state index contributed by atoms with van der Waals surface area (Å²) < 4.78 is 10.8. The van der Waals surface area contributed by atoms with E-state index in [9.17, 15) is 14.4 Å². The first-order chi connectivity index (χ1) is 16.3. The highest BCUT2D eigenvalue weighted by molar-refractivity contribution is 6.42. The van der Waals surface area contributed by atoms with Gasteiger partial charge in [-0.2, -0.15) is 0 Å². The van der Waals surface area contributed by atoms with Gasteiger partial charge in [-0.25, -0.2) is 0 Å². The molecule has 1 aliphatic rings. The Balaban J connectivity index is 1.61. The third-order valence-corrected chi connectivity index (χ3v) is 6.33. The van der Waals surface area contributed by atoms with E-state index in [4.69, 9.17) is 44.3 Å². The summed E-state index contributed by atoms with van der Waals surface area (Å²) in [6, 6.07) is 10.2. The summed E-state index contributed by atoms with van der Waals surface area (Å²) in [6.07, 6.45) is 0.621. The lowest BCUT2D eigenvalue weighted by molar-refractivity contribution is -0.144. The number of nitrogens with zero attached hydrogens (tertiary/aromatic N) is 1. The van der Waals surface area contributed by atoms with E-state index < -0.39 is 0 Å². The molecule has 0 radical (unpaired) electrons. The average Bonchev–Trinajstić information content (AvgIpc) is 3.12. The maximum atomic E-state index is 12.1. The number of carbonyl (C=O) groups is 3. The van der Waals surface area contributed by atoms with E-state index in [1.54, 1.807) is 31.2 Å². The molecule has 2 amide bonds. The lowest BCUT2D eigenvalue weighted by atomic mass is 10.0. The molecule has 0 bridgehead atoms. The summed E-state index contributed by atoms with van der Waals surface area (Å²) in [6.45, 7) is 2.82. The van der Waals surface area contributed by atoms with Gasteiger partial charge in [0, 0.05) is 25.4 Å². The second kappa shape index (κ2) is 12.4. The van der Waals surface area contributed by atoms with E-state index in [2.05, 4.69) is 5.32 Å². The van der Waals surface area contributed by atoms with Crippen molar-refractivity contribution >= 4 is 52.6 Å². The number of ether oxygens (including phenoxy) is 2. The number of imide groups is 1. The van der Waals surface area contributed by atoms with Crippen molar-refractivity contribution in [2.75, 3.05) is 19.8 Å². The zero-order valence-electron chi connectivity index (χ0n) is 18.6. The number of hydrogen-bond acceptors (Lipinski definition) is 6. The molecule has 1 unspecified atom stereocenters. The standard InChI is InChI=1S/C24H25Cl3N2O5/c1-2-33-24(32)13-20(16-4-5-17(25)18(26)12-16)28-14-15-3-6-21(19(27)11-15)34-10-9-29-22(30)7-8-23(29)31/h3-6,11-12,20,28H,2,7-10,13-14H2,1H3. The SMILES string of the molecule is CCOC(=O)CC(NCc1ccc(OCCN2C(=O)CCC2=O)c(Cl)c1)c1ccc(Cl)c(Cl)c1. The maximum absolute atomic E-state index is 12.1. The highest BCUT2D eigenvalue weighted by Crippen LogP contribution is 2.29. The quantitative estimate of drug-likeness (QED) is 0.328. The molecule has 0 saturated carbocycles. The zero-order chi connectivity index (χ0) is 24.7. The molecule has 10 heteroatoms. The van der Waals surface area contributed by atoms with Gasteiger partial charge in [0.15, 0.2) is 0 Å². The van der Waals surface area contributed by atoms with Crippen molar-refractivity contribution in [3.63, 3.8) is 0 Å². The number of likely N-dealkylation sites (tertiary alicyclic amines) is 1. The highest BCUT2D eigenvalue weighted by Gasteiger charge is 2.28. The number of nitrogens with one attached hydrogen (secondary N) is 1. The minimum Gasteiger partial charge on any atom is -0.490 e. The second-order valence-corrected chi connectivity index (χ2v) is 8.89. The van der Waals surface area contributed by atoms with Gasteiger partial charge < -0.3 is 14.8 Å². The van der Waals surface area contributed by atoms with E-state index >= 15 is 0 Å². The molecule has 7 nitrogen and oxygen atoms in total. The second-order valence-electron chi connectivity index (χ2n) is 7.67. The van der Waals surface area contributed by atoms with Crippen molar-refractivity contribution in [3.05, 3.63) is 62.6 Å². The zero-order valence-corrected chi connectivity index (χ0v) is 20.9. The van der Waals surface area contributed by atoms with Crippen molar-refractivity contribution < 1.29 is 23.9 Å². The Hall–Kier alpha value is -2.32. The van der Waals surface area contributed by atoms with Gasteiger partial charge in [0.1, 0.15) is 12.4 Å². The molecule has 1 atom stereocenters. The molecule has 1 heterocycles. The normalized spacial score (nSPS) is 14.4. The molecule has 1 saturated heterocycles. The molecule has 0 spiro atoms. The fourth-order valence-electron chi connectivity index (χ4n) is 3.56. The molecular weight excluding hydrogens is 503 g/mol. The molecular formula is C24H25Cl3N2O5. The maximum Gasteiger partial charge on any atom is 0.307 e. The lowest BCUT2D eigenvalue weighted by Crippen LogP contribution is -2.33. The van der Waals surface area contributed by atoms with Crippen LogP contribution in [0, 0.1) is 0 Å². The molecule has 0 aromatic heterocycles. The molecule has 3 rings (SSSR count). The number of benzene rings is 2. The number of amides is 2. The third kappa shape index (κ3) is 7.09. The molecule has 1 N–H and O–H groups in total. The van der Waals surface area contributed by atoms with Crippen LogP contribution in [-0.2, 0) is 25.7 Å². The Bertz CT molecular complexity index is 1050. The number of halogens is 3. The van der Waals surface area contributed by atoms with Gasteiger partial charge in [-0.05, 0) is 42.3 Å². The Labute approximate surface area is 213 Å². The van der Waals surface area contributed by atoms with Crippen LogP contribution in [0.15, 0.2) is 36.4 Å². The van der Waals surface area contributed by atoms with Crippen LogP contribution in [0.1, 0.15) is 43.4 Å². The van der Waals surface area contributed by atoms with Gasteiger partial charge in [-0.1, -0.05) is 46.9 Å². The Morgan fingerprint density at radius 2 is 1.76 bits per heavy atom. The first kappa shape index (κ1) is 26.3. The van der Waals surface area contributed by atoms with Gasteiger partial charge in [-0.15, -0.1) is 0 Å². The molecule has 2 aromatic carbocycles. The smallest absolute Gasteiger partial charge is 0.307 e. The van der Waals surface area contributed by atoms with Crippen LogP contribution in [0.25, 0.3) is 0 Å². The topological polar surface area (TPSA) is 84.9 Å². The van der Waals surface area contributed by atoms with E-state index in [0.29, 0.717) is 34.0 Å². The van der Waals surface area contributed by atoms with Crippen molar-refractivity contribution in [2.24, 2.45) is 0 Å². The third-order valence-electron chi connectivity index (χ3n) is 5.30. The molecule has 1 aliphatic heterocycles. The minimum absolute atomic E-state index is 0.120. The molecule has 0 aliphatic carbocycles. The molecule has 2 aromatic rings. The first-order valence-electron chi connectivity index (χ1n) is 10.9. The predicted octanol–water partition coefficient (Wildman–Crippen LogP) is 4.96. The van der Waals surface area contributed by atoms with E-state index in [0.717, 1.165) is 11.1 Å². The number of esters is 1. The Kier molecular flexibility index (Phi) is 9.59. The van der Waals surface area contributed by atoms with Gasteiger partial charge in [-0.3, -0.25) is 19.3 Å². The van der Waals surface area contributed by atoms with Crippen molar-refractivity contribution in [1.29, 1.82) is 0 Å². The van der Waals surface area contributed by atoms with E-state index in [1.807, 2.05) is 12.1 Å². The molecule has 34 heavy (non-hydrogen) atoms. The van der Waals surface area contributed by atoms with Crippen LogP contribution in [0.2, 0.25) is 15.1 Å². The summed E-state index contributed by atoms with van der Waals surface area (Å²) >= 11 is 18.6. The fraction of sp³-hybridized carbons (Fsp3) is 0.375. The van der Waals surface area contributed by atoms with Gasteiger partial charge in [0.05, 0.1) is 34.6 Å². The van der Waals surface area contributed by atoms with Gasteiger partial charge in [0.25, 0.3) is 0 Å². The Morgan fingerprint density at radius 1 is 1.03 bits per heavy atom. The van der Waals surface area contributed by atoms with Gasteiger partial charge in [0.2, 0.25) is 11.8 Å². The van der Waals surface area contributed by atoms with E-state index in [1.165, 1.54) is 4.90 Å². The van der Waals surface area contributed by atoms with Crippen LogP contribution >= 0.6 is 34.8 Å². The van der Waals surface area contributed by atoms with E-state index in [-0.39, 0.29) is 56.2 Å². The summed E-state index contributed by atoms with van der Waals surface area (Å²) in [5, 5.41) is 4.57. The van der Waals surface area contributed by atoms with Crippen molar-refractivity contribution in [2.45, 2.75) is 38.8 Å². The number of carbonyl (C=O) groups excluding carboxylic acids is 3.